The summed E-state index contributed by atoms with van der Waals surface area (Å²) in [7, 11) is 0. The molecule has 45 valence electrons. The highest BCUT2D eigenvalue weighted by Crippen LogP contribution is 2.37. The third-order valence-corrected chi connectivity index (χ3v) is 2.19. The van der Waals surface area contributed by atoms with Crippen LogP contribution >= 0.6 is 0 Å². The Morgan fingerprint density at radius 3 is 2.62 bits per heavy atom. The second-order valence-electron chi connectivity index (χ2n) is 2.66. The van der Waals surface area contributed by atoms with Crippen LogP contribution in [0.1, 0.15) is 12.8 Å². The molecule has 8 heavy (non-hydrogen) atoms. The predicted octanol–water partition coefficient (Wildman–Crippen LogP) is 0.594. The van der Waals surface area contributed by atoms with Crippen molar-refractivity contribution in [1.29, 1.82) is 0 Å². The van der Waals surface area contributed by atoms with Crippen molar-refractivity contribution < 1.29 is 9.84 Å². The summed E-state index contributed by atoms with van der Waals surface area (Å²) in [5.74, 6) is 0.466. The van der Waals surface area contributed by atoms with Crippen LogP contribution in [-0.4, -0.2) is 18.8 Å². The molecule has 1 saturated carbocycles. The lowest BCUT2D eigenvalue weighted by molar-refractivity contribution is -0.205. The molecule has 3 unspecified atom stereocenters. The third-order valence-electron chi connectivity index (χ3n) is 2.19. The third kappa shape index (κ3) is 0.446. The average molecular weight is 113 g/mol. The van der Waals surface area contributed by atoms with Gasteiger partial charge in [-0.25, -0.2) is 5.11 Å². The lowest BCUT2D eigenvalue weighted by atomic mass is 9.75. The van der Waals surface area contributed by atoms with Gasteiger partial charge in [0.25, 0.3) is 0 Å². The monoisotopic (exact) mass is 113 g/mol. The van der Waals surface area contributed by atoms with Gasteiger partial charge in [-0.15, -0.1) is 0 Å². The quantitative estimate of drug-likeness (QED) is 0.452. The van der Waals surface area contributed by atoms with Gasteiger partial charge >= 0.3 is 0 Å². The maximum absolute atomic E-state index is 10.8. The number of hydrogen-bond acceptors (Lipinski definition) is 1. The fourth-order valence-electron chi connectivity index (χ4n) is 1.49. The van der Waals surface area contributed by atoms with Gasteiger partial charge in [-0.05, 0) is 18.8 Å². The van der Waals surface area contributed by atoms with Gasteiger partial charge in [0.15, 0.2) is 0 Å². The van der Waals surface area contributed by atoms with Crippen LogP contribution in [0.2, 0.25) is 0 Å². The fourth-order valence-corrected chi connectivity index (χ4v) is 1.49. The van der Waals surface area contributed by atoms with E-state index in [9.17, 15) is 5.11 Å². The van der Waals surface area contributed by atoms with E-state index >= 15 is 0 Å². The first-order valence-corrected chi connectivity index (χ1v) is 3.15. The zero-order valence-electron chi connectivity index (χ0n) is 4.67. The molecular weight excluding hydrogens is 104 g/mol. The van der Waals surface area contributed by atoms with Gasteiger partial charge in [-0.3, -0.25) is 0 Å². The van der Waals surface area contributed by atoms with Crippen molar-refractivity contribution in [2.24, 2.45) is 5.92 Å². The van der Waals surface area contributed by atoms with Crippen LogP contribution in [-0.2, 0) is 9.84 Å². The van der Waals surface area contributed by atoms with Crippen LogP contribution in [0.3, 0.4) is 0 Å². The Kier molecular flexibility index (Phi) is 0.866. The summed E-state index contributed by atoms with van der Waals surface area (Å²) >= 11 is 0. The van der Waals surface area contributed by atoms with Crippen LogP contribution < -0.4 is 0 Å². The number of hydrogen-bond donors (Lipinski definition) is 0. The zero-order chi connectivity index (χ0) is 5.56. The molecule has 1 aliphatic carbocycles. The largest absolute Gasteiger partial charge is 0.375 e. The summed E-state index contributed by atoms with van der Waals surface area (Å²) in [5.41, 5.74) is 0. The molecule has 0 aromatic rings. The van der Waals surface area contributed by atoms with Crippen molar-refractivity contribution in [2.75, 3.05) is 6.61 Å². The van der Waals surface area contributed by atoms with Gasteiger partial charge in [0.2, 0.25) is 0 Å². The Morgan fingerprint density at radius 1 is 1.50 bits per heavy atom. The topological polar surface area (TPSA) is 29.1 Å². The van der Waals surface area contributed by atoms with Gasteiger partial charge in [0.1, 0.15) is 6.10 Å². The van der Waals surface area contributed by atoms with E-state index < -0.39 is 0 Å². The molecule has 3 fully saturated rings. The van der Waals surface area contributed by atoms with Crippen LogP contribution in [0.25, 0.3) is 0 Å². The SMILES string of the molecule is [O]C1C2CCOC1C2. The summed E-state index contributed by atoms with van der Waals surface area (Å²) in [6.07, 6.45) is 1.76. The summed E-state index contributed by atoms with van der Waals surface area (Å²) in [4.78, 5) is 0. The van der Waals surface area contributed by atoms with Gasteiger partial charge < -0.3 is 4.74 Å². The van der Waals surface area contributed by atoms with Gasteiger partial charge in [-0.1, -0.05) is 0 Å². The summed E-state index contributed by atoms with van der Waals surface area (Å²) in [6.45, 7) is 0.827. The zero-order valence-corrected chi connectivity index (χ0v) is 4.67. The van der Waals surface area contributed by atoms with E-state index in [-0.39, 0.29) is 12.2 Å². The molecule has 0 spiro atoms. The Balaban J connectivity index is 2.03. The van der Waals surface area contributed by atoms with Crippen molar-refractivity contribution in [3.8, 4) is 0 Å². The molecule has 0 N–H and O–H groups in total. The Bertz CT molecular complexity index is 88.7. The van der Waals surface area contributed by atoms with Crippen molar-refractivity contribution in [2.45, 2.75) is 25.0 Å². The van der Waals surface area contributed by atoms with Gasteiger partial charge in [0, 0.05) is 6.61 Å². The summed E-state index contributed by atoms with van der Waals surface area (Å²) in [6, 6.07) is 0. The van der Waals surface area contributed by atoms with E-state index in [1.807, 2.05) is 0 Å². The number of fused-ring (bicyclic) bond motifs is 2. The number of rotatable bonds is 0. The maximum Gasteiger partial charge on any atom is 0.122 e. The van der Waals surface area contributed by atoms with Gasteiger partial charge in [0.05, 0.1) is 6.10 Å². The first-order chi connectivity index (χ1) is 3.88. The van der Waals surface area contributed by atoms with E-state index in [4.69, 9.17) is 4.74 Å². The molecule has 3 atom stereocenters. The van der Waals surface area contributed by atoms with Gasteiger partial charge in [-0.2, -0.15) is 0 Å². The summed E-state index contributed by atoms with van der Waals surface area (Å²) in [5, 5.41) is 10.8. The lowest BCUT2D eigenvalue weighted by Crippen LogP contribution is -2.51. The lowest BCUT2D eigenvalue weighted by Gasteiger charge is -2.44. The standard InChI is InChI=1S/C6H9O2/c7-6-4-1-2-8-5(6)3-4/h4-6H,1-3H2. The minimum Gasteiger partial charge on any atom is -0.375 e. The Labute approximate surface area is 48.5 Å². The van der Waals surface area contributed by atoms with Crippen LogP contribution in [0.5, 0.6) is 0 Å². The van der Waals surface area contributed by atoms with E-state index in [1.165, 1.54) is 0 Å². The fraction of sp³-hybridized carbons (Fsp3) is 1.00. The van der Waals surface area contributed by atoms with Crippen LogP contribution in [0, 0.1) is 5.92 Å². The molecule has 0 amide bonds. The highest BCUT2D eigenvalue weighted by atomic mass is 16.5. The number of ether oxygens (including phenoxy) is 1. The maximum atomic E-state index is 10.8. The Hall–Kier alpha value is -0.0800. The molecule has 2 heterocycles. The smallest absolute Gasteiger partial charge is 0.122 e. The molecule has 3 rings (SSSR count). The molecule has 2 heteroatoms. The van der Waals surface area contributed by atoms with Crippen molar-refractivity contribution in [1.82, 2.24) is 0 Å². The van der Waals surface area contributed by atoms with Crippen molar-refractivity contribution in [3.63, 3.8) is 0 Å². The highest BCUT2D eigenvalue weighted by molar-refractivity contribution is 4.93. The Morgan fingerprint density at radius 2 is 2.38 bits per heavy atom. The molecule has 0 aromatic carbocycles. The first kappa shape index (κ1) is 4.77. The molecular formula is C6H9O2. The normalized spacial score (nSPS) is 52.9. The van der Waals surface area contributed by atoms with E-state index in [0.29, 0.717) is 5.92 Å². The average Bonchev–Trinajstić information content (AvgIpc) is 1.89. The molecule has 2 saturated heterocycles. The molecule has 1 radical (unpaired) electrons. The molecule has 2 bridgehead atoms. The summed E-state index contributed by atoms with van der Waals surface area (Å²) < 4.78 is 5.14. The second kappa shape index (κ2) is 1.45. The van der Waals surface area contributed by atoms with E-state index in [0.717, 1.165) is 19.4 Å². The van der Waals surface area contributed by atoms with Crippen molar-refractivity contribution >= 4 is 0 Å². The highest BCUT2D eigenvalue weighted by Gasteiger charge is 2.44. The van der Waals surface area contributed by atoms with E-state index in [2.05, 4.69) is 0 Å². The predicted molar refractivity (Wildman–Crippen MR) is 26.9 cm³/mol. The molecule has 3 aliphatic rings. The van der Waals surface area contributed by atoms with Crippen LogP contribution in [0.4, 0.5) is 0 Å². The minimum atomic E-state index is -0.372. The van der Waals surface area contributed by atoms with Crippen molar-refractivity contribution in [3.05, 3.63) is 0 Å². The van der Waals surface area contributed by atoms with Crippen LogP contribution in [0.15, 0.2) is 0 Å². The molecule has 0 aromatic heterocycles. The first-order valence-electron chi connectivity index (χ1n) is 3.15. The van der Waals surface area contributed by atoms with E-state index in [1.54, 1.807) is 0 Å². The molecule has 2 aliphatic heterocycles. The second-order valence-corrected chi connectivity index (χ2v) is 2.66. The minimum absolute atomic E-state index is 0.0914. The molecule has 2 nitrogen and oxygen atoms in total.